The quantitative estimate of drug-likeness (QED) is 0.859. The Morgan fingerprint density at radius 2 is 1.88 bits per heavy atom. The summed E-state index contributed by atoms with van der Waals surface area (Å²) in [4.78, 5) is 26.6. The maximum atomic E-state index is 12.9. The minimum atomic E-state index is -0.583. The van der Waals surface area contributed by atoms with E-state index >= 15 is 0 Å². The largest absolute Gasteiger partial charge is 0.360 e. The van der Waals surface area contributed by atoms with Gasteiger partial charge < -0.3 is 14.7 Å². The van der Waals surface area contributed by atoms with Gasteiger partial charge in [-0.3, -0.25) is 9.59 Å². The number of hydrogen-bond donors (Lipinski definition) is 1. The second-order valence-corrected chi connectivity index (χ2v) is 7.38. The normalized spacial score (nSPS) is 11.3. The molecule has 0 aliphatic carbocycles. The molecule has 0 unspecified atom stereocenters. The first-order chi connectivity index (χ1) is 11.6. The van der Waals surface area contributed by atoms with E-state index in [4.69, 9.17) is 27.7 Å². The van der Waals surface area contributed by atoms with Crippen LogP contribution < -0.4 is 5.32 Å². The maximum Gasteiger partial charge on any atom is 0.254 e. The van der Waals surface area contributed by atoms with Crippen molar-refractivity contribution < 1.29 is 14.1 Å². The highest BCUT2D eigenvalue weighted by atomic mass is 35.5. The smallest absolute Gasteiger partial charge is 0.254 e. The topological polar surface area (TPSA) is 75.4 Å². The van der Waals surface area contributed by atoms with E-state index in [1.54, 1.807) is 25.1 Å². The minimum absolute atomic E-state index is 0.144. The fourth-order valence-corrected chi connectivity index (χ4v) is 2.45. The molecule has 2 amide bonds. The van der Waals surface area contributed by atoms with Crippen LogP contribution in [0.2, 0.25) is 10.0 Å². The van der Waals surface area contributed by atoms with Crippen molar-refractivity contribution >= 4 is 40.8 Å². The highest BCUT2D eigenvalue weighted by Crippen LogP contribution is 2.25. The summed E-state index contributed by atoms with van der Waals surface area (Å²) in [5, 5.41) is 6.96. The van der Waals surface area contributed by atoms with Gasteiger partial charge in [0.2, 0.25) is 5.91 Å². The second-order valence-electron chi connectivity index (χ2n) is 6.56. The Hall–Kier alpha value is -2.05. The SMILES string of the molecule is Cc1cc(NC(=O)CN(C(=O)c2ccc(Cl)c(Cl)c2)C(C)(C)C)no1. The number of amides is 2. The Morgan fingerprint density at radius 1 is 1.20 bits per heavy atom. The van der Waals surface area contributed by atoms with E-state index in [9.17, 15) is 9.59 Å². The minimum Gasteiger partial charge on any atom is -0.360 e. The Morgan fingerprint density at radius 3 is 2.40 bits per heavy atom. The summed E-state index contributed by atoms with van der Waals surface area (Å²) >= 11 is 11.9. The van der Waals surface area contributed by atoms with E-state index in [1.165, 1.54) is 11.0 Å². The zero-order valence-corrected chi connectivity index (χ0v) is 15.9. The van der Waals surface area contributed by atoms with E-state index in [1.807, 2.05) is 20.8 Å². The van der Waals surface area contributed by atoms with E-state index < -0.39 is 5.54 Å². The first-order valence-electron chi connectivity index (χ1n) is 7.58. The Bertz CT molecular complexity index is 797. The number of anilines is 1. The van der Waals surface area contributed by atoms with Gasteiger partial charge in [-0.1, -0.05) is 28.4 Å². The lowest BCUT2D eigenvalue weighted by atomic mass is 10.0. The summed E-state index contributed by atoms with van der Waals surface area (Å²) in [5.41, 5.74) is -0.227. The summed E-state index contributed by atoms with van der Waals surface area (Å²) in [6.45, 7) is 7.11. The molecule has 2 aromatic rings. The van der Waals surface area contributed by atoms with Gasteiger partial charge in [0.1, 0.15) is 12.3 Å². The Labute approximate surface area is 156 Å². The summed E-state index contributed by atoms with van der Waals surface area (Å²) in [6, 6.07) is 6.22. The van der Waals surface area contributed by atoms with Crippen molar-refractivity contribution in [2.24, 2.45) is 0 Å². The van der Waals surface area contributed by atoms with E-state index in [0.29, 0.717) is 22.2 Å². The van der Waals surface area contributed by atoms with Crippen molar-refractivity contribution in [1.82, 2.24) is 10.1 Å². The number of carbonyl (C=O) groups excluding carboxylic acids is 2. The van der Waals surface area contributed by atoms with Crippen LogP contribution in [-0.4, -0.2) is 34.0 Å². The predicted molar refractivity (Wildman–Crippen MR) is 97.1 cm³/mol. The van der Waals surface area contributed by atoms with Crippen LogP contribution in [0.25, 0.3) is 0 Å². The molecule has 1 aromatic heterocycles. The lowest BCUT2D eigenvalue weighted by molar-refractivity contribution is -0.117. The molecule has 0 aliphatic heterocycles. The summed E-state index contributed by atoms with van der Waals surface area (Å²) in [5.74, 6) is 0.183. The molecule has 25 heavy (non-hydrogen) atoms. The van der Waals surface area contributed by atoms with Gasteiger partial charge in [0.25, 0.3) is 5.91 Å². The lowest BCUT2D eigenvalue weighted by Crippen LogP contribution is -2.49. The summed E-state index contributed by atoms with van der Waals surface area (Å²) in [7, 11) is 0. The number of hydrogen-bond acceptors (Lipinski definition) is 4. The molecule has 2 rings (SSSR count). The zero-order chi connectivity index (χ0) is 18.8. The van der Waals surface area contributed by atoms with Crippen LogP contribution in [0.4, 0.5) is 5.82 Å². The number of aromatic nitrogens is 1. The third-order valence-electron chi connectivity index (χ3n) is 3.42. The molecular weight excluding hydrogens is 365 g/mol. The monoisotopic (exact) mass is 383 g/mol. The van der Waals surface area contributed by atoms with Crippen molar-refractivity contribution in [2.75, 3.05) is 11.9 Å². The third kappa shape index (κ3) is 4.96. The molecule has 0 fully saturated rings. The van der Waals surface area contributed by atoms with Crippen molar-refractivity contribution in [1.29, 1.82) is 0 Å². The van der Waals surface area contributed by atoms with Gasteiger partial charge in [-0.15, -0.1) is 0 Å². The van der Waals surface area contributed by atoms with Gasteiger partial charge >= 0.3 is 0 Å². The van der Waals surface area contributed by atoms with Crippen LogP contribution in [0.5, 0.6) is 0 Å². The molecule has 0 aliphatic rings. The average molecular weight is 384 g/mol. The predicted octanol–water partition coefficient (Wildman–Crippen LogP) is 4.17. The first-order valence-corrected chi connectivity index (χ1v) is 8.33. The summed E-state index contributed by atoms with van der Waals surface area (Å²) in [6.07, 6.45) is 0. The van der Waals surface area contributed by atoms with Crippen molar-refractivity contribution in [3.8, 4) is 0 Å². The first kappa shape index (κ1) is 19.3. The molecule has 0 radical (unpaired) electrons. The van der Waals surface area contributed by atoms with Gasteiger partial charge in [0.15, 0.2) is 5.82 Å². The van der Waals surface area contributed by atoms with E-state index in [2.05, 4.69) is 10.5 Å². The van der Waals surface area contributed by atoms with Gasteiger partial charge in [-0.05, 0) is 45.9 Å². The number of nitrogens with one attached hydrogen (secondary N) is 1. The molecule has 1 heterocycles. The Balaban J connectivity index is 2.19. The van der Waals surface area contributed by atoms with E-state index in [-0.39, 0.29) is 23.4 Å². The van der Waals surface area contributed by atoms with Gasteiger partial charge in [-0.25, -0.2) is 0 Å². The van der Waals surface area contributed by atoms with Crippen LogP contribution in [0.1, 0.15) is 36.9 Å². The molecule has 0 saturated carbocycles. The molecule has 0 saturated heterocycles. The van der Waals surface area contributed by atoms with Crippen LogP contribution in [0.15, 0.2) is 28.8 Å². The zero-order valence-electron chi connectivity index (χ0n) is 14.4. The van der Waals surface area contributed by atoms with Crippen LogP contribution in [0.3, 0.4) is 0 Å². The van der Waals surface area contributed by atoms with Crippen LogP contribution in [-0.2, 0) is 4.79 Å². The maximum absolute atomic E-state index is 12.9. The summed E-state index contributed by atoms with van der Waals surface area (Å²) < 4.78 is 4.91. The number of rotatable bonds is 4. The van der Waals surface area contributed by atoms with E-state index in [0.717, 1.165) is 0 Å². The molecule has 1 aromatic carbocycles. The average Bonchev–Trinajstić information content (AvgIpc) is 2.91. The third-order valence-corrected chi connectivity index (χ3v) is 4.16. The second kappa shape index (κ2) is 7.45. The highest BCUT2D eigenvalue weighted by molar-refractivity contribution is 6.42. The van der Waals surface area contributed by atoms with Crippen LogP contribution in [0, 0.1) is 6.92 Å². The number of benzene rings is 1. The fourth-order valence-electron chi connectivity index (χ4n) is 2.15. The van der Waals surface area contributed by atoms with Crippen LogP contribution >= 0.6 is 23.2 Å². The molecule has 6 nitrogen and oxygen atoms in total. The molecule has 0 spiro atoms. The van der Waals surface area contributed by atoms with Gasteiger partial charge in [-0.2, -0.15) is 0 Å². The fraction of sp³-hybridized carbons (Fsp3) is 0.353. The Kier molecular flexibility index (Phi) is 5.75. The molecule has 8 heteroatoms. The molecule has 0 bridgehead atoms. The lowest BCUT2D eigenvalue weighted by Gasteiger charge is -2.35. The van der Waals surface area contributed by atoms with Gasteiger partial charge in [0, 0.05) is 17.2 Å². The number of carbonyl (C=O) groups is 2. The number of halogens is 2. The van der Waals surface area contributed by atoms with Gasteiger partial charge in [0.05, 0.1) is 10.0 Å². The molecule has 134 valence electrons. The standard InChI is InChI=1S/C17H19Cl2N3O3/c1-10-7-14(21-25-10)20-15(23)9-22(17(2,3)4)16(24)11-5-6-12(18)13(19)8-11/h5-8H,9H2,1-4H3,(H,20,21,23). The number of aryl methyl sites for hydroxylation is 1. The molecule has 0 atom stereocenters. The number of nitrogens with zero attached hydrogens (tertiary/aromatic N) is 2. The molecular formula is C17H19Cl2N3O3. The van der Waals surface area contributed by atoms with Crippen molar-refractivity contribution in [2.45, 2.75) is 33.2 Å². The van der Waals surface area contributed by atoms with Crippen molar-refractivity contribution in [3.05, 3.63) is 45.6 Å². The molecule has 1 N–H and O–H groups in total. The van der Waals surface area contributed by atoms with Crippen molar-refractivity contribution in [3.63, 3.8) is 0 Å². The highest BCUT2D eigenvalue weighted by Gasteiger charge is 2.29.